The first kappa shape index (κ1) is 15.2. The molecule has 3 rings (SSSR count). The number of fused-ring (bicyclic) bond motifs is 1. The highest BCUT2D eigenvalue weighted by molar-refractivity contribution is 5.78. The highest BCUT2D eigenvalue weighted by Crippen LogP contribution is 2.15. The van der Waals surface area contributed by atoms with Crippen molar-refractivity contribution >= 4 is 16.9 Å². The first-order chi connectivity index (χ1) is 11.1. The molecule has 0 aliphatic heterocycles. The maximum Gasteiger partial charge on any atom is 0.220 e. The van der Waals surface area contributed by atoms with Crippen molar-refractivity contribution < 1.29 is 9.18 Å². The van der Waals surface area contributed by atoms with E-state index in [0.29, 0.717) is 12.8 Å². The minimum absolute atomic E-state index is 0.0339. The lowest BCUT2D eigenvalue weighted by molar-refractivity contribution is -0.121. The molecule has 0 bridgehead atoms. The first-order valence-corrected chi connectivity index (χ1v) is 7.59. The number of halogens is 1. The zero-order valence-corrected chi connectivity index (χ0v) is 12.8. The van der Waals surface area contributed by atoms with Crippen molar-refractivity contribution in [3.63, 3.8) is 0 Å². The van der Waals surface area contributed by atoms with Gasteiger partial charge < -0.3 is 10.3 Å². The maximum absolute atomic E-state index is 12.9. The van der Waals surface area contributed by atoms with E-state index in [1.54, 1.807) is 18.3 Å². The van der Waals surface area contributed by atoms with Gasteiger partial charge in [-0.2, -0.15) is 0 Å². The fourth-order valence-corrected chi connectivity index (χ4v) is 2.55. The van der Waals surface area contributed by atoms with Gasteiger partial charge in [-0.25, -0.2) is 9.37 Å². The van der Waals surface area contributed by atoms with Crippen molar-refractivity contribution in [2.45, 2.75) is 25.8 Å². The number of hydrogen-bond acceptors (Lipinski definition) is 2. The minimum Gasteiger partial charge on any atom is -0.350 e. The molecule has 0 spiro atoms. The minimum atomic E-state index is -0.278. The van der Waals surface area contributed by atoms with E-state index in [0.717, 1.165) is 22.3 Å². The number of aryl methyl sites for hydroxylation is 1. The van der Waals surface area contributed by atoms with E-state index < -0.39 is 0 Å². The van der Waals surface area contributed by atoms with E-state index in [-0.39, 0.29) is 17.8 Å². The summed E-state index contributed by atoms with van der Waals surface area (Å²) in [4.78, 5) is 19.5. The zero-order chi connectivity index (χ0) is 16.2. The second kappa shape index (κ2) is 6.60. The molecule has 0 unspecified atom stereocenters. The topological polar surface area (TPSA) is 57.8 Å². The third kappa shape index (κ3) is 3.74. The van der Waals surface area contributed by atoms with Crippen LogP contribution in [0, 0.1) is 5.82 Å². The summed E-state index contributed by atoms with van der Waals surface area (Å²) in [7, 11) is 0. The fraction of sp³-hybridized carbons (Fsp3) is 0.222. The molecule has 2 aromatic heterocycles. The average Bonchev–Trinajstić information content (AvgIpc) is 2.96. The normalized spacial score (nSPS) is 12.3. The van der Waals surface area contributed by atoms with Crippen LogP contribution >= 0.6 is 0 Å². The summed E-state index contributed by atoms with van der Waals surface area (Å²) in [6.45, 7) is 1.89. The SMILES string of the molecule is C[C@H](NC(=O)CCc1cc2cccnc2[nH]1)c1ccc(F)cc1. The van der Waals surface area contributed by atoms with Gasteiger partial charge in [0.2, 0.25) is 5.91 Å². The Morgan fingerprint density at radius 3 is 2.83 bits per heavy atom. The van der Waals surface area contributed by atoms with E-state index in [1.165, 1.54) is 12.1 Å². The molecule has 23 heavy (non-hydrogen) atoms. The van der Waals surface area contributed by atoms with Gasteiger partial charge in [0.25, 0.3) is 0 Å². The molecule has 1 aromatic carbocycles. The van der Waals surface area contributed by atoms with E-state index in [4.69, 9.17) is 0 Å². The van der Waals surface area contributed by atoms with Crippen molar-refractivity contribution in [1.29, 1.82) is 0 Å². The lowest BCUT2D eigenvalue weighted by Gasteiger charge is -2.14. The van der Waals surface area contributed by atoms with Gasteiger partial charge in [-0.05, 0) is 49.2 Å². The predicted octanol–water partition coefficient (Wildman–Crippen LogP) is 3.51. The van der Waals surface area contributed by atoms with Gasteiger partial charge in [0, 0.05) is 23.7 Å². The van der Waals surface area contributed by atoms with Crippen LogP contribution in [0.2, 0.25) is 0 Å². The van der Waals surface area contributed by atoms with Gasteiger partial charge in [-0.3, -0.25) is 4.79 Å². The molecular weight excluding hydrogens is 293 g/mol. The molecule has 0 aliphatic carbocycles. The van der Waals surface area contributed by atoms with Gasteiger partial charge in [-0.15, -0.1) is 0 Å². The largest absolute Gasteiger partial charge is 0.350 e. The van der Waals surface area contributed by atoms with Crippen LogP contribution in [-0.4, -0.2) is 15.9 Å². The number of pyridine rings is 1. The number of amides is 1. The first-order valence-electron chi connectivity index (χ1n) is 7.59. The number of aromatic nitrogens is 2. The van der Waals surface area contributed by atoms with E-state index in [2.05, 4.69) is 15.3 Å². The number of hydrogen-bond donors (Lipinski definition) is 2. The molecule has 4 nitrogen and oxygen atoms in total. The summed E-state index contributed by atoms with van der Waals surface area (Å²) in [5, 5.41) is 3.97. The Morgan fingerprint density at radius 1 is 1.30 bits per heavy atom. The summed E-state index contributed by atoms with van der Waals surface area (Å²) in [6.07, 6.45) is 2.75. The summed E-state index contributed by atoms with van der Waals surface area (Å²) in [6, 6.07) is 11.9. The number of H-pyrrole nitrogens is 1. The molecule has 0 saturated heterocycles. The molecule has 118 valence electrons. The van der Waals surface area contributed by atoms with Crippen molar-refractivity contribution in [2.24, 2.45) is 0 Å². The fourth-order valence-electron chi connectivity index (χ4n) is 2.55. The highest BCUT2D eigenvalue weighted by atomic mass is 19.1. The predicted molar refractivity (Wildman–Crippen MR) is 87.4 cm³/mol. The Labute approximate surface area is 133 Å². The number of rotatable bonds is 5. The van der Waals surface area contributed by atoms with Gasteiger partial charge in [-0.1, -0.05) is 12.1 Å². The second-order valence-corrected chi connectivity index (χ2v) is 5.58. The zero-order valence-electron chi connectivity index (χ0n) is 12.8. The lowest BCUT2D eigenvalue weighted by Crippen LogP contribution is -2.26. The molecular formula is C18H18FN3O. The number of nitrogens with zero attached hydrogens (tertiary/aromatic N) is 1. The van der Waals surface area contributed by atoms with Crippen LogP contribution in [0.3, 0.4) is 0 Å². The molecule has 2 N–H and O–H groups in total. The number of aromatic amines is 1. The molecule has 2 heterocycles. The smallest absolute Gasteiger partial charge is 0.220 e. The van der Waals surface area contributed by atoms with Gasteiger partial charge >= 0.3 is 0 Å². The summed E-state index contributed by atoms with van der Waals surface area (Å²) < 4.78 is 12.9. The molecule has 1 amide bonds. The van der Waals surface area contributed by atoms with Crippen molar-refractivity contribution in [2.75, 3.05) is 0 Å². The summed E-state index contributed by atoms with van der Waals surface area (Å²) >= 11 is 0. The number of nitrogens with one attached hydrogen (secondary N) is 2. The van der Waals surface area contributed by atoms with E-state index in [9.17, 15) is 9.18 Å². The number of carbonyl (C=O) groups is 1. The van der Waals surface area contributed by atoms with Crippen LogP contribution in [0.15, 0.2) is 48.7 Å². The van der Waals surface area contributed by atoms with Gasteiger partial charge in [0.05, 0.1) is 6.04 Å². The van der Waals surface area contributed by atoms with E-state index >= 15 is 0 Å². The third-order valence-electron chi connectivity index (χ3n) is 3.82. The van der Waals surface area contributed by atoms with Gasteiger partial charge in [0.15, 0.2) is 0 Å². The highest BCUT2D eigenvalue weighted by Gasteiger charge is 2.10. The monoisotopic (exact) mass is 311 g/mol. The molecule has 0 aliphatic rings. The second-order valence-electron chi connectivity index (χ2n) is 5.58. The number of carbonyl (C=O) groups excluding carboxylic acids is 1. The van der Waals surface area contributed by atoms with Crippen LogP contribution in [0.25, 0.3) is 11.0 Å². The molecule has 3 aromatic rings. The molecule has 0 radical (unpaired) electrons. The van der Waals surface area contributed by atoms with Crippen LogP contribution in [0.5, 0.6) is 0 Å². The average molecular weight is 311 g/mol. The lowest BCUT2D eigenvalue weighted by atomic mass is 10.1. The summed E-state index contributed by atoms with van der Waals surface area (Å²) in [5.41, 5.74) is 2.71. The Balaban J connectivity index is 1.55. The quantitative estimate of drug-likeness (QED) is 0.757. The third-order valence-corrected chi connectivity index (χ3v) is 3.82. The molecule has 0 fully saturated rings. The van der Waals surface area contributed by atoms with E-state index in [1.807, 2.05) is 25.1 Å². The van der Waals surface area contributed by atoms with Crippen LogP contribution in [0.4, 0.5) is 4.39 Å². The van der Waals surface area contributed by atoms with Crippen molar-refractivity contribution in [3.05, 3.63) is 65.7 Å². The number of benzene rings is 1. The Kier molecular flexibility index (Phi) is 4.37. The van der Waals surface area contributed by atoms with Gasteiger partial charge in [0.1, 0.15) is 11.5 Å². The molecule has 0 saturated carbocycles. The Bertz CT molecular complexity index is 778. The van der Waals surface area contributed by atoms with Crippen LogP contribution in [0.1, 0.15) is 30.6 Å². The van der Waals surface area contributed by atoms with Crippen molar-refractivity contribution in [1.82, 2.24) is 15.3 Å². The molecule has 1 atom stereocenters. The summed E-state index contributed by atoms with van der Waals surface area (Å²) in [5.74, 6) is -0.312. The standard InChI is InChI=1S/C18H18FN3O/c1-12(13-4-6-15(19)7-5-13)21-17(23)9-8-16-11-14-3-2-10-20-18(14)22-16/h2-7,10-12H,8-9H2,1H3,(H,20,22)(H,21,23)/t12-/m0/s1. The Morgan fingerprint density at radius 2 is 2.09 bits per heavy atom. The molecule has 5 heteroatoms. The van der Waals surface area contributed by atoms with Crippen LogP contribution < -0.4 is 5.32 Å². The van der Waals surface area contributed by atoms with Crippen molar-refractivity contribution in [3.8, 4) is 0 Å². The Hall–Kier alpha value is -2.69. The van der Waals surface area contributed by atoms with Crippen LogP contribution in [-0.2, 0) is 11.2 Å². The maximum atomic E-state index is 12.9.